The molecule has 2 nitrogen and oxygen atoms in total. The molecular formula is C13H22O2. The number of esters is 1. The lowest BCUT2D eigenvalue weighted by molar-refractivity contribution is -0.137. The van der Waals surface area contributed by atoms with Crippen molar-refractivity contribution in [3.8, 4) is 0 Å². The van der Waals surface area contributed by atoms with Crippen LogP contribution in [0.15, 0.2) is 23.8 Å². The monoisotopic (exact) mass is 210 g/mol. The Labute approximate surface area is 93.0 Å². The molecule has 0 saturated carbocycles. The maximum absolute atomic E-state index is 11.1. The zero-order valence-electron chi connectivity index (χ0n) is 10.1. The highest BCUT2D eigenvalue weighted by atomic mass is 16.5. The summed E-state index contributed by atoms with van der Waals surface area (Å²) in [6.45, 7) is 6.38. The minimum Gasteiger partial charge on any atom is -0.463 e. The summed E-state index contributed by atoms with van der Waals surface area (Å²) >= 11 is 0. The minimum atomic E-state index is -0.229. The summed E-state index contributed by atoms with van der Waals surface area (Å²) in [5, 5.41) is 0. The first kappa shape index (κ1) is 13.9. The van der Waals surface area contributed by atoms with E-state index in [9.17, 15) is 4.79 Å². The van der Waals surface area contributed by atoms with Crippen molar-refractivity contribution >= 4 is 5.97 Å². The number of ether oxygens (including phenoxy) is 1. The Morgan fingerprint density at radius 3 is 2.47 bits per heavy atom. The highest BCUT2D eigenvalue weighted by Crippen LogP contribution is 2.05. The van der Waals surface area contributed by atoms with Crippen molar-refractivity contribution in [2.24, 2.45) is 0 Å². The number of allylic oxidation sites excluding steroid dienone is 3. The largest absolute Gasteiger partial charge is 0.463 e. The SMILES string of the molecule is CCC/C=C/CC/C(C)=C\C(=O)OCC. The predicted molar refractivity (Wildman–Crippen MR) is 63.7 cm³/mol. The van der Waals surface area contributed by atoms with E-state index in [-0.39, 0.29) is 5.97 Å². The van der Waals surface area contributed by atoms with Gasteiger partial charge in [-0.3, -0.25) is 0 Å². The fraction of sp³-hybridized carbons (Fsp3) is 0.615. The molecule has 0 aromatic heterocycles. The summed E-state index contributed by atoms with van der Waals surface area (Å²) in [5.41, 5.74) is 1.08. The van der Waals surface area contributed by atoms with Crippen LogP contribution in [0.5, 0.6) is 0 Å². The fourth-order valence-electron chi connectivity index (χ4n) is 1.17. The molecule has 0 fully saturated rings. The van der Waals surface area contributed by atoms with Crippen LogP contribution < -0.4 is 0 Å². The van der Waals surface area contributed by atoms with E-state index in [1.807, 2.05) is 13.8 Å². The Kier molecular flexibility index (Phi) is 8.84. The molecule has 0 atom stereocenters. The Bertz CT molecular complexity index is 227. The quantitative estimate of drug-likeness (QED) is 0.364. The van der Waals surface area contributed by atoms with Crippen molar-refractivity contribution in [2.75, 3.05) is 6.61 Å². The van der Waals surface area contributed by atoms with Gasteiger partial charge in [-0.15, -0.1) is 0 Å². The van der Waals surface area contributed by atoms with Crippen LogP contribution in [-0.2, 0) is 9.53 Å². The summed E-state index contributed by atoms with van der Waals surface area (Å²) in [5.74, 6) is -0.229. The highest BCUT2D eigenvalue weighted by molar-refractivity contribution is 5.82. The molecule has 15 heavy (non-hydrogen) atoms. The lowest BCUT2D eigenvalue weighted by atomic mass is 10.1. The number of unbranched alkanes of at least 4 members (excludes halogenated alkanes) is 1. The number of hydrogen-bond donors (Lipinski definition) is 0. The smallest absolute Gasteiger partial charge is 0.330 e. The number of hydrogen-bond acceptors (Lipinski definition) is 2. The second-order valence-corrected chi connectivity index (χ2v) is 3.54. The van der Waals surface area contributed by atoms with Gasteiger partial charge in [-0.25, -0.2) is 4.79 Å². The minimum absolute atomic E-state index is 0.229. The first-order chi connectivity index (χ1) is 7.20. The maximum Gasteiger partial charge on any atom is 0.330 e. The van der Waals surface area contributed by atoms with E-state index in [1.165, 1.54) is 6.42 Å². The van der Waals surface area contributed by atoms with E-state index >= 15 is 0 Å². The molecule has 0 aliphatic carbocycles. The van der Waals surface area contributed by atoms with Crippen LogP contribution in [0.2, 0.25) is 0 Å². The number of carbonyl (C=O) groups excluding carboxylic acids is 1. The molecule has 0 rings (SSSR count). The van der Waals surface area contributed by atoms with Crippen molar-refractivity contribution < 1.29 is 9.53 Å². The Morgan fingerprint density at radius 1 is 1.20 bits per heavy atom. The predicted octanol–water partition coefficient (Wildman–Crippen LogP) is 3.63. The second kappa shape index (κ2) is 9.50. The van der Waals surface area contributed by atoms with E-state index in [1.54, 1.807) is 6.08 Å². The van der Waals surface area contributed by atoms with E-state index in [0.29, 0.717) is 6.61 Å². The van der Waals surface area contributed by atoms with Gasteiger partial charge in [-0.2, -0.15) is 0 Å². The average molecular weight is 210 g/mol. The molecular weight excluding hydrogens is 188 g/mol. The van der Waals surface area contributed by atoms with E-state index in [4.69, 9.17) is 4.74 Å². The molecule has 0 aliphatic rings. The molecule has 0 amide bonds. The van der Waals surface area contributed by atoms with Gasteiger partial charge in [0.1, 0.15) is 0 Å². The molecule has 0 bridgehead atoms. The Morgan fingerprint density at radius 2 is 1.87 bits per heavy atom. The summed E-state index contributed by atoms with van der Waals surface area (Å²) in [7, 11) is 0. The van der Waals surface area contributed by atoms with Crippen molar-refractivity contribution in [3.63, 3.8) is 0 Å². The summed E-state index contributed by atoms with van der Waals surface area (Å²) in [6.07, 6.45) is 10.2. The van der Waals surface area contributed by atoms with Crippen molar-refractivity contribution in [2.45, 2.75) is 46.5 Å². The maximum atomic E-state index is 11.1. The summed E-state index contributed by atoms with van der Waals surface area (Å²) < 4.78 is 4.82. The molecule has 0 aromatic rings. The van der Waals surface area contributed by atoms with Crippen molar-refractivity contribution in [1.29, 1.82) is 0 Å². The van der Waals surface area contributed by atoms with E-state index in [0.717, 1.165) is 24.8 Å². The first-order valence-corrected chi connectivity index (χ1v) is 5.69. The van der Waals surface area contributed by atoms with Gasteiger partial charge in [0, 0.05) is 6.08 Å². The molecule has 86 valence electrons. The van der Waals surface area contributed by atoms with E-state index in [2.05, 4.69) is 19.1 Å². The second-order valence-electron chi connectivity index (χ2n) is 3.54. The summed E-state index contributed by atoms with van der Waals surface area (Å²) in [6, 6.07) is 0. The van der Waals surface area contributed by atoms with Crippen LogP contribution in [-0.4, -0.2) is 12.6 Å². The van der Waals surface area contributed by atoms with Gasteiger partial charge in [0.25, 0.3) is 0 Å². The highest BCUT2D eigenvalue weighted by Gasteiger charge is 1.96. The fourth-order valence-corrected chi connectivity index (χ4v) is 1.17. The molecule has 0 N–H and O–H groups in total. The van der Waals surface area contributed by atoms with Crippen LogP contribution in [0.4, 0.5) is 0 Å². The van der Waals surface area contributed by atoms with Crippen LogP contribution in [0.3, 0.4) is 0 Å². The molecule has 0 aliphatic heterocycles. The summed E-state index contributed by atoms with van der Waals surface area (Å²) in [4.78, 5) is 11.1. The normalized spacial score (nSPS) is 12.1. The van der Waals surface area contributed by atoms with Crippen molar-refractivity contribution in [1.82, 2.24) is 0 Å². The van der Waals surface area contributed by atoms with Gasteiger partial charge in [-0.05, 0) is 33.1 Å². The topological polar surface area (TPSA) is 26.3 Å². The zero-order valence-corrected chi connectivity index (χ0v) is 10.1. The van der Waals surface area contributed by atoms with E-state index < -0.39 is 0 Å². The lowest BCUT2D eigenvalue weighted by Crippen LogP contribution is -2.00. The third kappa shape index (κ3) is 9.26. The molecule has 0 saturated heterocycles. The van der Waals surface area contributed by atoms with Crippen molar-refractivity contribution in [3.05, 3.63) is 23.8 Å². The van der Waals surface area contributed by atoms with Gasteiger partial charge >= 0.3 is 5.97 Å². The molecule has 0 heterocycles. The van der Waals surface area contributed by atoms with Crippen LogP contribution >= 0.6 is 0 Å². The number of carbonyl (C=O) groups is 1. The molecule has 2 heteroatoms. The molecule has 0 radical (unpaired) electrons. The van der Waals surface area contributed by atoms with Gasteiger partial charge < -0.3 is 4.74 Å². The molecule has 0 spiro atoms. The van der Waals surface area contributed by atoms with Gasteiger partial charge in [-0.1, -0.05) is 31.1 Å². The average Bonchev–Trinajstić information content (AvgIpc) is 2.17. The van der Waals surface area contributed by atoms with Crippen LogP contribution in [0, 0.1) is 0 Å². The lowest BCUT2D eigenvalue weighted by Gasteiger charge is -1.99. The zero-order chi connectivity index (χ0) is 11.5. The third-order valence-corrected chi connectivity index (χ3v) is 1.98. The molecule has 0 unspecified atom stereocenters. The standard InChI is InChI=1S/C13H22O2/c1-4-6-7-8-9-10-12(3)11-13(14)15-5-2/h7-8,11H,4-6,9-10H2,1-3H3/b8-7+,12-11-. The van der Waals surface area contributed by atoms with Crippen LogP contribution in [0.1, 0.15) is 46.5 Å². The van der Waals surface area contributed by atoms with Gasteiger partial charge in [0.2, 0.25) is 0 Å². The van der Waals surface area contributed by atoms with Gasteiger partial charge in [0.15, 0.2) is 0 Å². The number of rotatable bonds is 7. The van der Waals surface area contributed by atoms with Crippen LogP contribution in [0.25, 0.3) is 0 Å². The third-order valence-electron chi connectivity index (χ3n) is 1.98. The Balaban J connectivity index is 3.72. The van der Waals surface area contributed by atoms with Gasteiger partial charge in [0.05, 0.1) is 6.61 Å². The Hall–Kier alpha value is -1.05. The first-order valence-electron chi connectivity index (χ1n) is 5.69. The molecule has 0 aromatic carbocycles.